The largest absolute Gasteiger partial charge is 0.665 e. The van der Waals surface area contributed by atoms with Crippen molar-refractivity contribution in [3.63, 3.8) is 0 Å². The van der Waals surface area contributed by atoms with Gasteiger partial charge in [-0.1, -0.05) is 102 Å². The third kappa shape index (κ3) is 33.4. The zero-order valence-corrected chi connectivity index (χ0v) is 18.5. The average molecular weight is 423 g/mol. The molecule has 0 rings (SSSR count). The van der Waals surface area contributed by atoms with E-state index >= 15 is 0 Å². The van der Waals surface area contributed by atoms with Gasteiger partial charge in [-0.3, -0.25) is 0 Å². The minimum atomic E-state index is -4.98. The average Bonchev–Trinajstić information content (AvgIpc) is 2.52. The molecule has 0 aromatic rings. The van der Waals surface area contributed by atoms with Crippen LogP contribution in [0.1, 0.15) is 77.6 Å². The van der Waals surface area contributed by atoms with Gasteiger partial charge < -0.3 is 32.9 Å². The molecule has 6 N–H and O–H groups in total. The Balaban J connectivity index is 0. The molecule has 9 heteroatoms. The van der Waals surface area contributed by atoms with Gasteiger partial charge in [0.15, 0.2) is 0 Å². The summed E-state index contributed by atoms with van der Waals surface area (Å²) in [7, 11) is -9.96. The fourth-order valence-electron chi connectivity index (χ4n) is 2.25. The lowest BCUT2D eigenvalue weighted by Gasteiger charge is -2.13. The second kappa shape index (κ2) is 18.7. The smallest absolute Gasteiger partial charge is 0.368 e. The van der Waals surface area contributed by atoms with Crippen LogP contribution in [0.25, 0.3) is 0 Å². The third-order valence-electron chi connectivity index (χ3n) is 3.49. The number of hydrogen-bond donors (Lipinski definition) is 6. The van der Waals surface area contributed by atoms with Gasteiger partial charge in [0, 0.05) is 0 Å². The van der Waals surface area contributed by atoms with Gasteiger partial charge in [0.1, 0.15) is 0 Å². The highest BCUT2D eigenvalue weighted by Crippen LogP contribution is 2.11. The quantitative estimate of drug-likeness (QED) is 0.136. The van der Waals surface area contributed by atoms with E-state index in [0.717, 1.165) is 0 Å². The summed E-state index contributed by atoms with van der Waals surface area (Å²) in [5.41, 5.74) is 0. The van der Waals surface area contributed by atoms with Crippen LogP contribution in [0, 0.1) is 0 Å². The van der Waals surface area contributed by atoms with E-state index in [4.69, 9.17) is 28.8 Å². The second-order valence-corrected chi connectivity index (χ2v) is 9.38. The molecule has 160 valence electrons. The van der Waals surface area contributed by atoms with Crippen molar-refractivity contribution in [2.75, 3.05) is 0 Å². The van der Waals surface area contributed by atoms with Crippen LogP contribution in [0.2, 0.25) is 0 Å². The Labute approximate surface area is 166 Å². The number of hydrogen-bond acceptors (Lipinski definition) is 7. The van der Waals surface area contributed by atoms with Crippen molar-refractivity contribution in [3.8, 4) is 0 Å². The van der Waals surface area contributed by atoms with Crippen molar-refractivity contribution in [1.82, 2.24) is 0 Å². The molecular formula is C18H38O7Si2. The molecule has 0 saturated heterocycles. The highest BCUT2D eigenvalue weighted by atomic mass is 28.5. The zero-order valence-electron chi connectivity index (χ0n) is 16.5. The Morgan fingerprint density at radius 1 is 0.667 bits per heavy atom. The molecule has 0 radical (unpaired) electrons. The summed E-state index contributed by atoms with van der Waals surface area (Å²) in [6.07, 6.45) is 25.6. The summed E-state index contributed by atoms with van der Waals surface area (Å²) >= 11 is 0. The van der Waals surface area contributed by atoms with Gasteiger partial charge in [0.25, 0.3) is 0 Å². The molecule has 0 unspecified atom stereocenters. The first-order chi connectivity index (χ1) is 12.6. The van der Waals surface area contributed by atoms with Crippen LogP contribution in [0.15, 0.2) is 37.0 Å². The predicted octanol–water partition coefficient (Wildman–Crippen LogP) is 2.42. The maximum atomic E-state index is 7.94. The van der Waals surface area contributed by atoms with E-state index in [9.17, 15) is 0 Å². The molecule has 7 nitrogen and oxygen atoms in total. The fraction of sp³-hybridized carbons (Fsp3) is 0.667. The van der Waals surface area contributed by atoms with Crippen LogP contribution in [0.3, 0.4) is 0 Å². The van der Waals surface area contributed by atoms with E-state index in [-0.39, 0.29) is 0 Å². The minimum absolute atomic E-state index is 1.22. The molecule has 0 aromatic heterocycles. The predicted molar refractivity (Wildman–Crippen MR) is 111 cm³/mol. The van der Waals surface area contributed by atoms with Crippen molar-refractivity contribution < 1.29 is 32.9 Å². The SMILES string of the molecule is C=CC=CC=CCCCCCCCCCCCC.O[Si](O)(O)O[Si](O)(O)O. The second-order valence-electron chi connectivity index (χ2n) is 6.27. The van der Waals surface area contributed by atoms with E-state index in [1.165, 1.54) is 70.6 Å². The van der Waals surface area contributed by atoms with Crippen molar-refractivity contribution in [2.24, 2.45) is 0 Å². The molecule has 0 aliphatic heterocycles. The van der Waals surface area contributed by atoms with E-state index < -0.39 is 18.1 Å². The van der Waals surface area contributed by atoms with Gasteiger partial charge in [-0.15, -0.1) is 0 Å². The third-order valence-corrected chi connectivity index (χ3v) is 5.68. The van der Waals surface area contributed by atoms with Gasteiger partial charge in [0.05, 0.1) is 0 Å². The van der Waals surface area contributed by atoms with Gasteiger partial charge in [-0.25, -0.2) is 0 Å². The zero-order chi connectivity index (χ0) is 21.0. The van der Waals surface area contributed by atoms with Crippen molar-refractivity contribution in [1.29, 1.82) is 0 Å². The molecule has 0 aromatic carbocycles. The van der Waals surface area contributed by atoms with Crippen molar-refractivity contribution in [2.45, 2.75) is 77.6 Å². The number of rotatable bonds is 15. The summed E-state index contributed by atoms with van der Waals surface area (Å²) in [6, 6.07) is 0. The Morgan fingerprint density at radius 2 is 1.11 bits per heavy atom. The molecule has 0 heterocycles. The molecule has 27 heavy (non-hydrogen) atoms. The van der Waals surface area contributed by atoms with Crippen LogP contribution >= 0.6 is 0 Å². The Kier molecular flexibility index (Phi) is 19.8. The first-order valence-corrected chi connectivity index (χ1v) is 13.1. The lowest BCUT2D eigenvalue weighted by atomic mass is 10.1. The highest BCUT2D eigenvalue weighted by molar-refractivity contribution is 6.63. The van der Waals surface area contributed by atoms with E-state index in [1.54, 1.807) is 0 Å². The molecule has 0 aliphatic rings. The van der Waals surface area contributed by atoms with Gasteiger partial charge in [-0.2, -0.15) is 0 Å². The lowest BCUT2D eigenvalue weighted by molar-refractivity contribution is 0.0406. The molecule has 0 amide bonds. The van der Waals surface area contributed by atoms with E-state index in [2.05, 4.69) is 29.8 Å². The normalized spacial score (nSPS) is 12.4. The highest BCUT2D eigenvalue weighted by Gasteiger charge is 2.45. The van der Waals surface area contributed by atoms with Crippen LogP contribution in [0.4, 0.5) is 0 Å². The van der Waals surface area contributed by atoms with Crippen LogP contribution in [-0.4, -0.2) is 46.9 Å². The summed E-state index contributed by atoms with van der Waals surface area (Å²) in [4.78, 5) is 47.6. The molecule has 0 bridgehead atoms. The van der Waals surface area contributed by atoms with Gasteiger partial charge in [-0.05, 0) is 12.8 Å². The summed E-state index contributed by atoms with van der Waals surface area (Å²) < 4.78 is 3.24. The maximum absolute atomic E-state index is 7.94. The fourth-order valence-corrected chi connectivity index (χ4v) is 3.72. The van der Waals surface area contributed by atoms with E-state index in [1.807, 2.05) is 18.2 Å². The summed E-state index contributed by atoms with van der Waals surface area (Å²) in [5.74, 6) is 0. The Hall–Kier alpha value is -0.626. The standard InChI is InChI=1S/C18H32.H6O7Si2/c1-3-5-7-9-11-13-15-17-18-16-14-12-10-8-6-4-2;1-8(2,3)7-9(4,5)6/h3,5,7,9,11H,1,4,6,8,10,12-18H2,2H3;1-6H. The first-order valence-electron chi connectivity index (χ1n) is 9.61. The number of unbranched alkanes of at least 4 members (excludes halogenated alkanes) is 10. The minimum Gasteiger partial charge on any atom is -0.368 e. The van der Waals surface area contributed by atoms with Gasteiger partial charge in [0.2, 0.25) is 0 Å². The molecular weight excluding hydrogens is 384 g/mol. The van der Waals surface area contributed by atoms with Crippen LogP contribution in [0.5, 0.6) is 0 Å². The topological polar surface area (TPSA) is 131 Å². The summed E-state index contributed by atoms with van der Waals surface area (Å²) in [6.45, 7) is 5.92. The van der Waals surface area contributed by atoms with Gasteiger partial charge >= 0.3 is 18.1 Å². The Bertz CT molecular complexity index is 376. The molecule has 0 aliphatic carbocycles. The summed E-state index contributed by atoms with van der Waals surface area (Å²) in [5, 5.41) is 0. The first kappa shape index (κ1) is 28.6. The molecule has 0 saturated carbocycles. The maximum Gasteiger partial charge on any atom is 0.665 e. The van der Waals surface area contributed by atoms with Crippen LogP contribution in [-0.2, 0) is 4.12 Å². The van der Waals surface area contributed by atoms with Crippen molar-refractivity contribution >= 4 is 18.1 Å². The molecule has 0 spiro atoms. The lowest BCUT2D eigenvalue weighted by Crippen LogP contribution is -2.53. The van der Waals surface area contributed by atoms with Crippen LogP contribution < -0.4 is 0 Å². The monoisotopic (exact) mass is 422 g/mol. The van der Waals surface area contributed by atoms with Crippen molar-refractivity contribution in [3.05, 3.63) is 37.0 Å². The van der Waals surface area contributed by atoms with E-state index in [0.29, 0.717) is 0 Å². The molecule has 0 fully saturated rings. The number of allylic oxidation sites excluding steroid dienone is 5. The molecule has 0 atom stereocenters. The Morgan fingerprint density at radius 3 is 1.48 bits per heavy atom.